The number of aromatic nitrogens is 2. The molecule has 0 radical (unpaired) electrons. The molecule has 3 atom stereocenters. The van der Waals surface area contributed by atoms with Crippen molar-refractivity contribution in [3.63, 3.8) is 0 Å². The van der Waals surface area contributed by atoms with Gasteiger partial charge in [0.2, 0.25) is 0 Å². The van der Waals surface area contributed by atoms with Gasteiger partial charge in [0.15, 0.2) is 0 Å². The summed E-state index contributed by atoms with van der Waals surface area (Å²) in [4.78, 5) is 12.5. The Morgan fingerprint density at radius 1 is 1.44 bits per heavy atom. The molecule has 1 aromatic heterocycles. The predicted octanol–water partition coefficient (Wildman–Crippen LogP) is 2.63. The van der Waals surface area contributed by atoms with Crippen LogP contribution in [0.1, 0.15) is 28.8 Å². The van der Waals surface area contributed by atoms with Crippen LogP contribution in [0.3, 0.4) is 0 Å². The molecule has 130 valence electrons. The summed E-state index contributed by atoms with van der Waals surface area (Å²) in [5.74, 6) is -0.217. The molecular weight excluding hydrogens is 363 g/mol. The lowest BCUT2D eigenvalue weighted by Crippen LogP contribution is -2.40. The summed E-state index contributed by atoms with van der Waals surface area (Å²) in [5, 5.41) is 27.0. The summed E-state index contributed by atoms with van der Waals surface area (Å²) in [6.07, 6.45) is 3.84. The zero-order valence-electron chi connectivity index (χ0n) is 13.2. The van der Waals surface area contributed by atoms with E-state index in [4.69, 9.17) is 28.5 Å². The first kappa shape index (κ1) is 17.7. The van der Waals surface area contributed by atoms with Gasteiger partial charge in [0.1, 0.15) is 0 Å². The highest BCUT2D eigenvalue weighted by molar-refractivity contribution is 6.33. The third-order valence-electron chi connectivity index (χ3n) is 4.33. The molecule has 1 aromatic carbocycles. The number of aliphatic hydroxyl groups is 1. The summed E-state index contributed by atoms with van der Waals surface area (Å²) in [5.41, 5.74) is 0.588. The summed E-state index contributed by atoms with van der Waals surface area (Å²) in [6, 6.07) is 6.12. The molecule has 1 saturated carbocycles. The fourth-order valence-corrected chi connectivity index (χ4v) is 3.50. The van der Waals surface area contributed by atoms with E-state index >= 15 is 0 Å². The van der Waals surface area contributed by atoms with Gasteiger partial charge in [-0.05, 0) is 37.0 Å². The molecule has 8 heteroatoms. The van der Waals surface area contributed by atoms with Crippen LogP contribution in [0.5, 0.6) is 0 Å². The van der Waals surface area contributed by atoms with Crippen LogP contribution in [0, 0.1) is 17.2 Å². The SMILES string of the molecule is N#Cc1ccc(Cl)c(C(=O)N[C@@H]2CC(Cn3cc(Cl)cn3)C[C@H]2O)c1. The summed E-state index contributed by atoms with van der Waals surface area (Å²) < 4.78 is 1.73. The molecular formula is C17H16Cl2N4O2. The number of carbonyl (C=O) groups excluding carboxylic acids is 1. The van der Waals surface area contributed by atoms with Crippen molar-refractivity contribution in [2.45, 2.75) is 31.5 Å². The quantitative estimate of drug-likeness (QED) is 0.855. The van der Waals surface area contributed by atoms with Gasteiger partial charge in [0.05, 0.1) is 45.6 Å². The number of hydrogen-bond donors (Lipinski definition) is 2. The van der Waals surface area contributed by atoms with Gasteiger partial charge in [-0.3, -0.25) is 9.48 Å². The number of nitrogens with zero attached hydrogens (tertiary/aromatic N) is 3. The Morgan fingerprint density at radius 3 is 2.92 bits per heavy atom. The van der Waals surface area contributed by atoms with Crippen molar-refractivity contribution in [3.05, 3.63) is 51.8 Å². The molecule has 3 rings (SSSR count). The molecule has 1 unspecified atom stereocenters. The molecule has 1 aliphatic carbocycles. The number of halogens is 2. The highest BCUT2D eigenvalue weighted by Gasteiger charge is 2.34. The van der Waals surface area contributed by atoms with Crippen molar-refractivity contribution in [3.8, 4) is 6.07 Å². The maximum atomic E-state index is 12.5. The van der Waals surface area contributed by atoms with Crippen LogP contribution in [0.2, 0.25) is 10.0 Å². The molecule has 1 amide bonds. The van der Waals surface area contributed by atoms with E-state index in [0.29, 0.717) is 30.0 Å². The maximum absolute atomic E-state index is 12.5. The monoisotopic (exact) mass is 378 g/mol. The van der Waals surface area contributed by atoms with E-state index in [0.717, 1.165) is 0 Å². The van der Waals surface area contributed by atoms with Crippen LogP contribution in [0.4, 0.5) is 0 Å². The Bertz CT molecular complexity index is 830. The standard InChI is InChI=1S/C17H16Cl2N4O2/c18-12-7-21-23(9-12)8-11-4-15(16(24)5-11)22-17(25)13-3-10(6-20)1-2-14(13)19/h1-3,7,9,11,15-16,24H,4-5,8H2,(H,22,25)/t11?,15-,16-/m1/s1. The molecule has 6 nitrogen and oxygen atoms in total. The lowest BCUT2D eigenvalue weighted by Gasteiger charge is -2.17. The minimum absolute atomic E-state index is 0.178. The van der Waals surface area contributed by atoms with Crippen molar-refractivity contribution in [1.29, 1.82) is 5.26 Å². The van der Waals surface area contributed by atoms with E-state index in [9.17, 15) is 9.90 Å². The highest BCUT2D eigenvalue weighted by Crippen LogP contribution is 2.28. The Hall–Kier alpha value is -2.07. The number of carbonyl (C=O) groups is 1. The van der Waals surface area contributed by atoms with Crippen molar-refractivity contribution in [1.82, 2.24) is 15.1 Å². The summed E-state index contributed by atoms with van der Waals surface area (Å²) >= 11 is 11.9. The van der Waals surface area contributed by atoms with Crippen molar-refractivity contribution in [2.75, 3.05) is 0 Å². The van der Waals surface area contributed by atoms with Gasteiger partial charge in [-0.1, -0.05) is 23.2 Å². The molecule has 25 heavy (non-hydrogen) atoms. The minimum Gasteiger partial charge on any atom is -0.391 e. The number of amides is 1. The van der Waals surface area contributed by atoms with Crippen LogP contribution in [-0.4, -0.2) is 32.9 Å². The maximum Gasteiger partial charge on any atom is 0.253 e. The van der Waals surface area contributed by atoms with Gasteiger partial charge in [-0.2, -0.15) is 10.4 Å². The lowest BCUT2D eigenvalue weighted by atomic mass is 10.1. The minimum atomic E-state index is -0.641. The first-order valence-corrected chi connectivity index (χ1v) is 8.58. The second kappa shape index (κ2) is 7.44. The van der Waals surface area contributed by atoms with E-state index in [1.807, 2.05) is 6.07 Å². The second-order valence-electron chi connectivity index (χ2n) is 6.17. The van der Waals surface area contributed by atoms with E-state index < -0.39 is 12.0 Å². The summed E-state index contributed by atoms with van der Waals surface area (Å²) in [7, 11) is 0. The molecule has 2 aromatic rings. The normalized spacial score (nSPS) is 22.6. The van der Waals surface area contributed by atoms with Crippen LogP contribution in [0.25, 0.3) is 0 Å². The van der Waals surface area contributed by atoms with E-state index in [2.05, 4.69) is 10.4 Å². The largest absolute Gasteiger partial charge is 0.391 e. The molecule has 0 aliphatic heterocycles. The first-order chi connectivity index (χ1) is 12.0. The third kappa shape index (κ3) is 4.13. The van der Waals surface area contributed by atoms with Gasteiger partial charge >= 0.3 is 0 Å². The number of rotatable bonds is 4. The lowest BCUT2D eigenvalue weighted by molar-refractivity contribution is 0.0873. The van der Waals surface area contributed by atoms with Crippen molar-refractivity contribution >= 4 is 29.1 Å². The molecule has 1 aliphatic rings. The van der Waals surface area contributed by atoms with E-state index in [1.54, 1.807) is 23.1 Å². The Labute approximate surface area is 155 Å². The molecule has 0 saturated heterocycles. The number of hydrogen-bond acceptors (Lipinski definition) is 4. The Balaban J connectivity index is 1.65. The smallest absolute Gasteiger partial charge is 0.253 e. The number of aliphatic hydroxyl groups excluding tert-OH is 1. The van der Waals surface area contributed by atoms with Gasteiger partial charge < -0.3 is 10.4 Å². The molecule has 1 heterocycles. The van der Waals surface area contributed by atoms with E-state index in [-0.39, 0.29) is 22.5 Å². The number of nitriles is 1. The molecule has 0 bridgehead atoms. The van der Waals surface area contributed by atoms with Gasteiger partial charge in [0.25, 0.3) is 5.91 Å². The third-order valence-corrected chi connectivity index (χ3v) is 4.85. The van der Waals surface area contributed by atoms with Crippen molar-refractivity contribution in [2.24, 2.45) is 5.92 Å². The second-order valence-corrected chi connectivity index (χ2v) is 7.02. The van der Waals surface area contributed by atoms with Crippen molar-refractivity contribution < 1.29 is 9.90 Å². The Morgan fingerprint density at radius 2 is 2.24 bits per heavy atom. The number of benzene rings is 1. The van der Waals surface area contributed by atoms with Gasteiger partial charge in [-0.15, -0.1) is 0 Å². The van der Waals surface area contributed by atoms with Crippen LogP contribution in [-0.2, 0) is 6.54 Å². The fraction of sp³-hybridized carbons (Fsp3) is 0.353. The average molecular weight is 379 g/mol. The number of nitrogens with one attached hydrogen (secondary N) is 1. The zero-order valence-corrected chi connectivity index (χ0v) is 14.7. The average Bonchev–Trinajstić information content (AvgIpc) is 3.13. The molecule has 2 N–H and O–H groups in total. The molecule has 1 fully saturated rings. The van der Waals surface area contributed by atoms with Crippen LogP contribution < -0.4 is 5.32 Å². The van der Waals surface area contributed by atoms with E-state index in [1.165, 1.54) is 12.1 Å². The van der Waals surface area contributed by atoms with Gasteiger partial charge in [-0.25, -0.2) is 0 Å². The fourth-order valence-electron chi connectivity index (χ4n) is 3.14. The zero-order chi connectivity index (χ0) is 18.0. The van der Waals surface area contributed by atoms with Crippen LogP contribution >= 0.6 is 23.2 Å². The molecule has 0 spiro atoms. The first-order valence-electron chi connectivity index (χ1n) is 7.83. The topological polar surface area (TPSA) is 90.9 Å². The van der Waals surface area contributed by atoms with Gasteiger partial charge in [0, 0.05) is 12.7 Å². The van der Waals surface area contributed by atoms with Crippen LogP contribution in [0.15, 0.2) is 30.6 Å². The summed E-state index contributed by atoms with van der Waals surface area (Å²) in [6.45, 7) is 0.626. The Kier molecular flexibility index (Phi) is 5.28. The predicted molar refractivity (Wildman–Crippen MR) is 93.4 cm³/mol. The highest BCUT2D eigenvalue weighted by atomic mass is 35.5.